The van der Waals surface area contributed by atoms with E-state index < -0.39 is 0 Å². The molecule has 0 aliphatic carbocycles. The molecule has 0 amide bonds. The molecular weight excluding hydrogens is 463 g/mol. The molecule has 0 saturated carbocycles. The number of nitrogens with zero attached hydrogens (tertiary/aromatic N) is 1. The Morgan fingerprint density at radius 1 is 0.800 bits per heavy atom. The molecule has 0 aliphatic heterocycles. The molecule has 2 nitrogen and oxygen atoms in total. The highest BCUT2D eigenvalue weighted by molar-refractivity contribution is 8.00. The van der Waals surface area contributed by atoms with Gasteiger partial charge in [0.1, 0.15) is 0 Å². The number of thioether (sulfide) groups is 2. The zero-order valence-electron chi connectivity index (χ0n) is 23.3. The van der Waals surface area contributed by atoms with Crippen LogP contribution in [0.4, 0.5) is 0 Å². The quantitative estimate of drug-likeness (QED) is 0.246. The average Bonchev–Trinajstić information content (AvgIpc) is 3.26. The van der Waals surface area contributed by atoms with E-state index in [0.29, 0.717) is 6.71 Å². The molecule has 0 bridgehead atoms. The number of aromatic nitrogens is 2. The van der Waals surface area contributed by atoms with Crippen molar-refractivity contribution >= 4 is 41.2 Å². The summed E-state index contributed by atoms with van der Waals surface area (Å²) in [5.74, 6) is 0.818. The van der Waals surface area contributed by atoms with Gasteiger partial charge in [-0.1, -0.05) is 104 Å². The third-order valence-electron chi connectivity index (χ3n) is 5.39. The molecule has 0 fully saturated rings. The molecule has 0 atom stereocenters. The molecule has 1 aromatic heterocycles. The second kappa shape index (κ2) is 13.6. The maximum absolute atomic E-state index is 3.96. The summed E-state index contributed by atoms with van der Waals surface area (Å²) in [7, 11) is 0. The molecule has 1 heterocycles. The lowest BCUT2D eigenvalue weighted by molar-refractivity contribution is 0.553. The molecule has 3 rings (SSSR count). The first-order valence-corrected chi connectivity index (χ1v) is 14.5. The van der Waals surface area contributed by atoms with E-state index in [-0.39, 0.29) is 9.49 Å². The lowest BCUT2D eigenvalue weighted by atomic mass is 9.43. The normalized spacial score (nSPS) is 11.8. The number of hydrogen-bond acceptors (Lipinski definition) is 3. The van der Waals surface area contributed by atoms with Crippen LogP contribution >= 0.6 is 23.5 Å². The van der Waals surface area contributed by atoms with E-state index in [4.69, 9.17) is 0 Å². The molecule has 5 heteroatoms. The summed E-state index contributed by atoms with van der Waals surface area (Å²) in [6.45, 7) is 20.8. The van der Waals surface area contributed by atoms with Gasteiger partial charge >= 0.3 is 0 Å². The summed E-state index contributed by atoms with van der Waals surface area (Å²) in [4.78, 5) is 9.75. The van der Waals surface area contributed by atoms with Gasteiger partial charge in [0.2, 0.25) is 6.71 Å². The minimum Gasteiger partial charge on any atom is -0.348 e. The van der Waals surface area contributed by atoms with Crippen molar-refractivity contribution in [2.45, 2.75) is 101 Å². The largest absolute Gasteiger partial charge is 0.348 e. The minimum absolute atomic E-state index is 0.258. The van der Waals surface area contributed by atoms with Gasteiger partial charge in [-0.3, -0.25) is 0 Å². The predicted molar refractivity (Wildman–Crippen MR) is 161 cm³/mol. The first-order valence-electron chi connectivity index (χ1n) is 12.9. The predicted octanol–water partition coefficient (Wildman–Crippen LogP) is 8.10. The molecule has 3 aromatic rings. The molecule has 0 unspecified atom stereocenters. The SMILES string of the molecule is CB(c1ccc(SC(C)(C)C)cc1)c1ccc(SC(C)(C)C)cc1.CC(C)CCCc1cnc[nH]1. The van der Waals surface area contributed by atoms with E-state index in [9.17, 15) is 0 Å². The monoisotopic (exact) mass is 508 g/mol. The third kappa shape index (κ3) is 12.3. The highest BCUT2D eigenvalue weighted by atomic mass is 32.2. The number of H-pyrrole nitrogens is 1. The molecule has 35 heavy (non-hydrogen) atoms. The number of aryl methyl sites for hydroxylation is 1. The Balaban J connectivity index is 0.000000328. The minimum atomic E-state index is 0.258. The van der Waals surface area contributed by atoms with Crippen molar-refractivity contribution in [3.8, 4) is 0 Å². The Labute approximate surface area is 224 Å². The fourth-order valence-electron chi connectivity index (χ4n) is 3.67. The fraction of sp³-hybridized carbons (Fsp3) is 0.500. The summed E-state index contributed by atoms with van der Waals surface area (Å²) in [6.07, 6.45) is 7.35. The van der Waals surface area contributed by atoms with Crippen LogP contribution in [-0.4, -0.2) is 26.2 Å². The van der Waals surface area contributed by atoms with Crippen LogP contribution in [0.2, 0.25) is 6.82 Å². The van der Waals surface area contributed by atoms with Crippen LogP contribution in [-0.2, 0) is 6.42 Å². The van der Waals surface area contributed by atoms with Crippen molar-refractivity contribution in [3.63, 3.8) is 0 Å². The molecule has 2 aromatic carbocycles. The topological polar surface area (TPSA) is 28.7 Å². The molecular formula is C30H45BN2S2. The van der Waals surface area contributed by atoms with E-state index in [1.165, 1.54) is 39.3 Å². The number of benzene rings is 2. The first-order chi connectivity index (χ1) is 16.3. The van der Waals surface area contributed by atoms with Gasteiger partial charge in [0, 0.05) is 31.2 Å². The lowest BCUT2D eigenvalue weighted by Crippen LogP contribution is -2.38. The van der Waals surface area contributed by atoms with Gasteiger partial charge in [0.05, 0.1) is 6.33 Å². The van der Waals surface area contributed by atoms with Crippen LogP contribution in [0.5, 0.6) is 0 Å². The maximum atomic E-state index is 3.96. The first kappa shape index (κ1) is 29.6. The van der Waals surface area contributed by atoms with Crippen molar-refractivity contribution < 1.29 is 0 Å². The van der Waals surface area contributed by atoms with E-state index in [1.807, 2.05) is 29.7 Å². The Hall–Kier alpha value is -1.59. The van der Waals surface area contributed by atoms with Gasteiger partial charge < -0.3 is 4.98 Å². The molecule has 0 spiro atoms. The molecule has 0 radical (unpaired) electrons. The number of nitrogens with one attached hydrogen (secondary N) is 1. The van der Waals surface area contributed by atoms with Crippen molar-refractivity contribution in [2.24, 2.45) is 5.92 Å². The van der Waals surface area contributed by atoms with Crippen LogP contribution in [0.3, 0.4) is 0 Å². The van der Waals surface area contributed by atoms with E-state index in [0.717, 1.165) is 12.3 Å². The summed E-state index contributed by atoms with van der Waals surface area (Å²) in [5.41, 5.74) is 4.01. The highest BCUT2D eigenvalue weighted by Crippen LogP contribution is 2.32. The number of rotatable bonds is 8. The van der Waals surface area contributed by atoms with E-state index in [2.05, 4.69) is 121 Å². The number of hydrogen-bond donors (Lipinski definition) is 1. The van der Waals surface area contributed by atoms with Gasteiger partial charge in [-0.15, -0.1) is 23.5 Å². The van der Waals surface area contributed by atoms with Crippen LogP contribution in [0.25, 0.3) is 0 Å². The Morgan fingerprint density at radius 3 is 1.60 bits per heavy atom. The zero-order valence-corrected chi connectivity index (χ0v) is 24.9. The van der Waals surface area contributed by atoms with E-state index in [1.54, 1.807) is 6.33 Å². The molecule has 0 aliphatic rings. The van der Waals surface area contributed by atoms with Gasteiger partial charge in [-0.25, -0.2) is 4.98 Å². The second-order valence-electron chi connectivity index (χ2n) is 11.7. The summed E-state index contributed by atoms with van der Waals surface area (Å²) < 4.78 is 0.515. The molecule has 1 N–H and O–H groups in total. The van der Waals surface area contributed by atoms with Crippen LogP contribution < -0.4 is 10.9 Å². The Kier molecular flexibility index (Phi) is 11.6. The Bertz CT molecular complexity index is 908. The smallest absolute Gasteiger partial charge is 0.206 e. The van der Waals surface area contributed by atoms with Crippen molar-refractivity contribution in [1.82, 2.24) is 9.97 Å². The maximum Gasteiger partial charge on any atom is 0.206 e. The van der Waals surface area contributed by atoms with Crippen LogP contribution in [0, 0.1) is 5.92 Å². The zero-order chi connectivity index (χ0) is 26.1. The third-order valence-corrected chi connectivity index (χ3v) is 7.63. The molecule has 0 saturated heterocycles. The standard InChI is InChI=1S/C21H29BS2.C9H16N2/c1-20(2,3)23-18-12-8-16(9-13-18)22(7)17-10-14-19(15-11-17)24-21(4,5)6;1-8(2)4-3-5-9-6-10-7-11-9/h8-15H,1-7H3;6-8H,3-5H2,1-2H3,(H,10,11). The van der Waals surface area contributed by atoms with Gasteiger partial charge in [-0.05, 0) is 43.0 Å². The van der Waals surface area contributed by atoms with E-state index >= 15 is 0 Å². The van der Waals surface area contributed by atoms with Crippen LogP contribution in [0.1, 0.15) is 73.9 Å². The van der Waals surface area contributed by atoms with Crippen molar-refractivity contribution in [2.75, 3.05) is 0 Å². The highest BCUT2D eigenvalue weighted by Gasteiger charge is 2.16. The molecule has 190 valence electrons. The summed E-state index contributed by atoms with van der Waals surface area (Å²) in [6, 6.07) is 18.1. The van der Waals surface area contributed by atoms with Gasteiger partial charge in [-0.2, -0.15) is 0 Å². The Morgan fingerprint density at radius 2 is 1.26 bits per heavy atom. The number of imidazole rings is 1. The van der Waals surface area contributed by atoms with Crippen molar-refractivity contribution in [3.05, 3.63) is 66.7 Å². The number of aromatic amines is 1. The second-order valence-corrected chi connectivity index (χ2v) is 15.5. The summed E-state index contributed by atoms with van der Waals surface area (Å²) in [5, 5.41) is 0. The average molecular weight is 509 g/mol. The van der Waals surface area contributed by atoms with Crippen molar-refractivity contribution in [1.29, 1.82) is 0 Å². The van der Waals surface area contributed by atoms with Crippen LogP contribution in [0.15, 0.2) is 70.8 Å². The lowest BCUT2D eigenvalue weighted by Gasteiger charge is -2.19. The summed E-state index contributed by atoms with van der Waals surface area (Å²) >= 11 is 3.84. The van der Waals surface area contributed by atoms with Gasteiger partial charge in [0.15, 0.2) is 0 Å². The van der Waals surface area contributed by atoms with Gasteiger partial charge in [0.25, 0.3) is 0 Å². The fourth-order valence-corrected chi connectivity index (χ4v) is 5.63.